The van der Waals surface area contributed by atoms with E-state index < -0.39 is 0 Å². The van der Waals surface area contributed by atoms with Crippen LogP contribution < -0.4 is 5.32 Å². The molecule has 1 aromatic carbocycles. The molecule has 0 saturated heterocycles. The maximum Gasteiger partial charge on any atom is 0.274 e. The highest BCUT2D eigenvalue weighted by molar-refractivity contribution is 6.02. The van der Waals surface area contributed by atoms with Gasteiger partial charge in [0.1, 0.15) is 5.69 Å². The molecule has 0 aliphatic carbocycles. The SMILES string of the molecule is CCCCCc1ccc(C(=O)Nc2ccc(C(C)C)cc2)nc1.Cl. The lowest BCUT2D eigenvalue weighted by atomic mass is 10.0. The quantitative estimate of drug-likeness (QED) is 0.662. The molecule has 3 nitrogen and oxygen atoms in total. The number of rotatable bonds is 7. The van der Waals surface area contributed by atoms with Crippen LogP contribution in [0.3, 0.4) is 0 Å². The number of unbranched alkanes of at least 4 members (excludes halogenated alkanes) is 2. The molecule has 0 aliphatic rings. The van der Waals surface area contributed by atoms with Crippen LogP contribution in [0.2, 0.25) is 0 Å². The molecule has 1 N–H and O–H groups in total. The average Bonchev–Trinajstić information content (AvgIpc) is 2.56. The van der Waals surface area contributed by atoms with Crippen LogP contribution in [-0.2, 0) is 6.42 Å². The first kappa shape index (κ1) is 20.2. The summed E-state index contributed by atoms with van der Waals surface area (Å²) in [6.07, 6.45) is 6.45. The molecule has 2 aromatic rings. The molecule has 1 aromatic heterocycles. The number of aromatic nitrogens is 1. The van der Waals surface area contributed by atoms with Crippen LogP contribution >= 0.6 is 12.4 Å². The number of halogens is 1. The van der Waals surface area contributed by atoms with Crippen molar-refractivity contribution in [2.45, 2.75) is 52.4 Å². The van der Waals surface area contributed by atoms with Crippen LogP contribution in [0.4, 0.5) is 5.69 Å². The normalized spacial score (nSPS) is 10.3. The highest BCUT2D eigenvalue weighted by Gasteiger charge is 2.08. The number of carbonyl (C=O) groups is 1. The number of hydrogen-bond acceptors (Lipinski definition) is 2. The van der Waals surface area contributed by atoms with Gasteiger partial charge in [-0.05, 0) is 48.1 Å². The molecule has 0 saturated carbocycles. The Bertz CT molecular complexity index is 621. The van der Waals surface area contributed by atoms with E-state index in [0.717, 1.165) is 12.1 Å². The summed E-state index contributed by atoms with van der Waals surface area (Å²) in [7, 11) is 0. The molecule has 24 heavy (non-hydrogen) atoms. The van der Waals surface area contributed by atoms with Gasteiger partial charge in [0, 0.05) is 11.9 Å². The lowest BCUT2D eigenvalue weighted by molar-refractivity contribution is 0.102. The Balaban J connectivity index is 0.00000288. The van der Waals surface area contributed by atoms with Crippen LogP contribution in [0, 0.1) is 0 Å². The van der Waals surface area contributed by atoms with E-state index in [9.17, 15) is 4.79 Å². The maximum absolute atomic E-state index is 12.2. The van der Waals surface area contributed by atoms with E-state index in [-0.39, 0.29) is 18.3 Å². The number of anilines is 1. The van der Waals surface area contributed by atoms with Crippen molar-refractivity contribution in [1.29, 1.82) is 0 Å². The fourth-order valence-corrected chi connectivity index (χ4v) is 2.43. The second-order valence-electron chi connectivity index (χ2n) is 6.24. The Morgan fingerprint density at radius 2 is 1.79 bits per heavy atom. The first-order chi connectivity index (χ1) is 11.1. The first-order valence-electron chi connectivity index (χ1n) is 8.46. The predicted octanol–water partition coefficient (Wildman–Crippen LogP) is 5.61. The minimum atomic E-state index is -0.164. The molecular weight excluding hydrogens is 320 g/mol. The number of nitrogens with zero attached hydrogens (tertiary/aromatic N) is 1. The summed E-state index contributed by atoms with van der Waals surface area (Å²) in [6.45, 7) is 6.50. The number of hydrogen-bond donors (Lipinski definition) is 1. The van der Waals surface area contributed by atoms with E-state index in [1.54, 1.807) is 6.07 Å². The van der Waals surface area contributed by atoms with Gasteiger partial charge in [0.05, 0.1) is 0 Å². The third-order valence-electron chi connectivity index (χ3n) is 3.96. The van der Waals surface area contributed by atoms with E-state index in [1.807, 2.05) is 36.5 Å². The van der Waals surface area contributed by atoms with Gasteiger partial charge in [0.2, 0.25) is 0 Å². The van der Waals surface area contributed by atoms with Crippen molar-refractivity contribution in [3.8, 4) is 0 Å². The number of pyridine rings is 1. The van der Waals surface area contributed by atoms with Crippen molar-refractivity contribution in [2.24, 2.45) is 0 Å². The fourth-order valence-electron chi connectivity index (χ4n) is 2.43. The number of amides is 1. The number of nitrogens with one attached hydrogen (secondary N) is 1. The number of aryl methyl sites for hydroxylation is 1. The lowest BCUT2D eigenvalue weighted by Crippen LogP contribution is -2.13. The second-order valence-corrected chi connectivity index (χ2v) is 6.24. The topological polar surface area (TPSA) is 42.0 Å². The average molecular weight is 347 g/mol. The van der Waals surface area contributed by atoms with Crippen LogP contribution in [0.5, 0.6) is 0 Å². The van der Waals surface area contributed by atoms with E-state index in [4.69, 9.17) is 0 Å². The molecule has 0 spiro atoms. The van der Waals surface area contributed by atoms with Crippen LogP contribution in [0.25, 0.3) is 0 Å². The number of benzene rings is 1. The smallest absolute Gasteiger partial charge is 0.274 e. The van der Waals surface area contributed by atoms with Gasteiger partial charge in [-0.2, -0.15) is 0 Å². The second kappa shape index (κ2) is 10.1. The lowest BCUT2D eigenvalue weighted by Gasteiger charge is -2.08. The van der Waals surface area contributed by atoms with Crippen molar-refractivity contribution in [3.63, 3.8) is 0 Å². The molecule has 2 rings (SSSR count). The molecular formula is C20H27ClN2O. The Morgan fingerprint density at radius 3 is 2.33 bits per heavy atom. The summed E-state index contributed by atoms with van der Waals surface area (Å²) in [5.41, 5.74) is 3.71. The maximum atomic E-state index is 12.2. The van der Waals surface area contributed by atoms with Gasteiger partial charge in [-0.15, -0.1) is 12.4 Å². The van der Waals surface area contributed by atoms with Gasteiger partial charge < -0.3 is 5.32 Å². The van der Waals surface area contributed by atoms with E-state index in [0.29, 0.717) is 11.6 Å². The summed E-state index contributed by atoms with van der Waals surface area (Å²) in [5.74, 6) is 0.323. The van der Waals surface area contributed by atoms with E-state index >= 15 is 0 Å². The number of carbonyl (C=O) groups excluding carboxylic acids is 1. The monoisotopic (exact) mass is 346 g/mol. The largest absolute Gasteiger partial charge is 0.321 e. The van der Waals surface area contributed by atoms with E-state index in [2.05, 4.69) is 31.1 Å². The molecule has 0 bridgehead atoms. The molecule has 130 valence electrons. The third kappa shape index (κ3) is 5.97. The Kier molecular flexibility index (Phi) is 8.48. The van der Waals surface area contributed by atoms with Crippen LogP contribution in [0.1, 0.15) is 67.6 Å². The van der Waals surface area contributed by atoms with Crippen molar-refractivity contribution in [3.05, 3.63) is 59.4 Å². The molecule has 1 heterocycles. The minimum Gasteiger partial charge on any atom is -0.321 e. The standard InChI is InChI=1S/C20H26N2O.ClH/c1-4-5-6-7-16-8-13-19(21-14-16)20(23)22-18-11-9-17(10-12-18)15(2)3;/h8-15H,4-7H2,1-3H3,(H,22,23);1H. The summed E-state index contributed by atoms with van der Waals surface area (Å²) in [4.78, 5) is 16.5. The minimum absolute atomic E-state index is 0. The van der Waals surface area contributed by atoms with Gasteiger partial charge >= 0.3 is 0 Å². The van der Waals surface area contributed by atoms with E-state index in [1.165, 1.54) is 30.4 Å². The first-order valence-corrected chi connectivity index (χ1v) is 8.46. The molecule has 0 aliphatic heterocycles. The van der Waals surface area contributed by atoms with Gasteiger partial charge in [-0.25, -0.2) is 0 Å². The molecule has 4 heteroatoms. The zero-order valence-corrected chi connectivity index (χ0v) is 15.5. The van der Waals surface area contributed by atoms with Crippen LogP contribution in [-0.4, -0.2) is 10.9 Å². The van der Waals surface area contributed by atoms with Crippen molar-refractivity contribution in [2.75, 3.05) is 5.32 Å². The summed E-state index contributed by atoms with van der Waals surface area (Å²) >= 11 is 0. The Morgan fingerprint density at radius 1 is 1.08 bits per heavy atom. The zero-order chi connectivity index (χ0) is 16.7. The Hall–Kier alpha value is -1.87. The summed E-state index contributed by atoms with van der Waals surface area (Å²) < 4.78 is 0. The molecule has 0 radical (unpaired) electrons. The van der Waals surface area contributed by atoms with Gasteiger partial charge in [0.15, 0.2) is 0 Å². The highest BCUT2D eigenvalue weighted by Crippen LogP contribution is 2.17. The Labute approximate surface area is 151 Å². The summed E-state index contributed by atoms with van der Waals surface area (Å²) in [6, 6.07) is 11.8. The fraction of sp³-hybridized carbons (Fsp3) is 0.400. The molecule has 0 unspecified atom stereocenters. The zero-order valence-electron chi connectivity index (χ0n) is 14.7. The molecule has 1 amide bonds. The highest BCUT2D eigenvalue weighted by atomic mass is 35.5. The van der Waals surface area contributed by atoms with Crippen LogP contribution in [0.15, 0.2) is 42.6 Å². The van der Waals surface area contributed by atoms with Crippen molar-refractivity contribution < 1.29 is 4.79 Å². The van der Waals surface area contributed by atoms with Gasteiger partial charge in [0.25, 0.3) is 5.91 Å². The molecule has 0 fully saturated rings. The summed E-state index contributed by atoms with van der Waals surface area (Å²) in [5, 5.41) is 2.89. The van der Waals surface area contributed by atoms with Gasteiger partial charge in [-0.1, -0.05) is 51.8 Å². The van der Waals surface area contributed by atoms with Crippen molar-refractivity contribution in [1.82, 2.24) is 4.98 Å². The van der Waals surface area contributed by atoms with Gasteiger partial charge in [-0.3, -0.25) is 9.78 Å². The molecule has 0 atom stereocenters. The predicted molar refractivity (Wildman–Crippen MR) is 103 cm³/mol. The third-order valence-corrected chi connectivity index (χ3v) is 3.96. The van der Waals surface area contributed by atoms with Crippen molar-refractivity contribution >= 4 is 24.0 Å².